The van der Waals surface area contributed by atoms with Crippen LogP contribution in [-0.2, 0) is 4.79 Å². The Hall–Kier alpha value is -1.26. The Balaban J connectivity index is 1.70. The molecule has 1 aromatic rings. The van der Waals surface area contributed by atoms with Gasteiger partial charge in [0.05, 0.1) is 0 Å². The number of nitrogens with one attached hydrogen (secondary N) is 1. The number of benzene rings is 1. The summed E-state index contributed by atoms with van der Waals surface area (Å²) in [5, 5.41) is 3.75. The van der Waals surface area contributed by atoms with Crippen LogP contribution in [0.2, 0.25) is 5.02 Å². The number of carbonyl (C=O) groups excluding carboxylic acids is 1. The fourth-order valence-electron chi connectivity index (χ4n) is 2.73. The minimum Gasteiger partial charge on any atom is -0.492 e. The Kier molecular flexibility index (Phi) is 5.88. The Bertz CT molecular complexity index is 464. The fourth-order valence-corrected chi connectivity index (χ4v) is 2.86. The van der Waals surface area contributed by atoms with E-state index in [0.29, 0.717) is 18.6 Å². The van der Waals surface area contributed by atoms with Gasteiger partial charge in [0.2, 0.25) is 5.91 Å². The summed E-state index contributed by atoms with van der Waals surface area (Å²) in [4.78, 5) is 13.5. The van der Waals surface area contributed by atoms with Crippen molar-refractivity contribution >= 4 is 17.5 Å². The normalized spacial score (nSPS) is 22.8. The average Bonchev–Trinajstić information content (AvgIpc) is 2.43. The first kappa shape index (κ1) is 16.1. The highest BCUT2D eigenvalue weighted by Gasteiger charge is 2.26. The third-order valence-electron chi connectivity index (χ3n) is 3.87. The molecule has 5 heteroatoms. The zero-order valence-electron chi connectivity index (χ0n) is 12.6. The van der Waals surface area contributed by atoms with Gasteiger partial charge in [-0.1, -0.05) is 18.5 Å². The largest absolute Gasteiger partial charge is 0.492 e. The summed E-state index contributed by atoms with van der Waals surface area (Å²) in [6, 6.07) is 7.73. The van der Waals surface area contributed by atoms with Crippen LogP contribution in [0.1, 0.15) is 20.3 Å². The van der Waals surface area contributed by atoms with E-state index in [1.165, 1.54) is 0 Å². The van der Waals surface area contributed by atoms with Gasteiger partial charge in [0, 0.05) is 37.6 Å². The van der Waals surface area contributed by atoms with Gasteiger partial charge in [0.1, 0.15) is 12.4 Å². The molecule has 1 aliphatic heterocycles. The molecule has 21 heavy (non-hydrogen) atoms. The molecule has 1 amide bonds. The summed E-state index contributed by atoms with van der Waals surface area (Å²) < 4.78 is 5.72. The molecule has 1 heterocycles. The lowest BCUT2D eigenvalue weighted by Crippen LogP contribution is -2.50. The Labute approximate surface area is 131 Å². The van der Waals surface area contributed by atoms with Gasteiger partial charge in [0.25, 0.3) is 0 Å². The van der Waals surface area contributed by atoms with Crippen LogP contribution in [0.15, 0.2) is 24.3 Å². The van der Waals surface area contributed by atoms with Crippen LogP contribution < -0.4 is 10.1 Å². The molecule has 0 aromatic heterocycles. The summed E-state index contributed by atoms with van der Waals surface area (Å²) in [5.74, 6) is 1.38. The van der Waals surface area contributed by atoms with Crippen LogP contribution in [0.5, 0.6) is 5.75 Å². The van der Waals surface area contributed by atoms with E-state index in [4.69, 9.17) is 16.3 Å². The molecule has 2 unspecified atom stereocenters. The van der Waals surface area contributed by atoms with E-state index in [1.807, 2.05) is 24.3 Å². The molecule has 0 saturated carbocycles. The molecular weight excluding hydrogens is 288 g/mol. The minimum absolute atomic E-state index is 0.0615. The smallest absolute Gasteiger partial charge is 0.217 e. The van der Waals surface area contributed by atoms with Crippen molar-refractivity contribution in [1.82, 2.24) is 10.2 Å². The highest BCUT2D eigenvalue weighted by molar-refractivity contribution is 6.30. The Morgan fingerprint density at radius 1 is 1.43 bits per heavy atom. The van der Waals surface area contributed by atoms with Gasteiger partial charge in [-0.15, -0.1) is 0 Å². The molecule has 1 aromatic carbocycles. The maximum atomic E-state index is 11.1. The lowest BCUT2D eigenvalue weighted by Gasteiger charge is -2.37. The first-order chi connectivity index (χ1) is 10.0. The molecule has 0 bridgehead atoms. The topological polar surface area (TPSA) is 41.6 Å². The van der Waals surface area contributed by atoms with Gasteiger partial charge in [-0.25, -0.2) is 0 Å². The van der Waals surface area contributed by atoms with Crippen molar-refractivity contribution < 1.29 is 9.53 Å². The van der Waals surface area contributed by atoms with E-state index in [0.717, 1.165) is 36.8 Å². The van der Waals surface area contributed by atoms with Gasteiger partial charge in [0.15, 0.2) is 0 Å². The number of halogens is 1. The second-order valence-corrected chi connectivity index (χ2v) is 6.11. The number of carbonyl (C=O) groups is 1. The first-order valence-corrected chi connectivity index (χ1v) is 7.80. The summed E-state index contributed by atoms with van der Waals surface area (Å²) >= 11 is 5.84. The summed E-state index contributed by atoms with van der Waals surface area (Å²) in [5.41, 5.74) is 0. The minimum atomic E-state index is 0.0615. The molecule has 1 fully saturated rings. The highest BCUT2D eigenvalue weighted by atomic mass is 35.5. The van der Waals surface area contributed by atoms with E-state index in [2.05, 4.69) is 17.1 Å². The van der Waals surface area contributed by atoms with Crippen LogP contribution in [0.3, 0.4) is 0 Å². The van der Waals surface area contributed by atoms with E-state index in [-0.39, 0.29) is 5.91 Å². The van der Waals surface area contributed by atoms with E-state index in [1.54, 1.807) is 6.92 Å². The predicted octanol–water partition coefficient (Wildman–Crippen LogP) is 2.57. The monoisotopic (exact) mass is 310 g/mol. The molecule has 0 radical (unpaired) electrons. The third kappa shape index (κ3) is 5.21. The van der Waals surface area contributed by atoms with Crippen molar-refractivity contribution in [2.45, 2.75) is 26.3 Å². The van der Waals surface area contributed by atoms with E-state index in [9.17, 15) is 4.79 Å². The average molecular weight is 311 g/mol. The van der Waals surface area contributed by atoms with Crippen molar-refractivity contribution in [2.24, 2.45) is 5.92 Å². The van der Waals surface area contributed by atoms with Gasteiger partial charge in [-0.3, -0.25) is 9.69 Å². The lowest BCUT2D eigenvalue weighted by atomic mass is 9.94. The Morgan fingerprint density at radius 3 is 2.76 bits per heavy atom. The van der Waals surface area contributed by atoms with Crippen molar-refractivity contribution in [3.63, 3.8) is 0 Å². The number of hydrogen-bond acceptors (Lipinski definition) is 3. The van der Waals surface area contributed by atoms with E-state index >= 15 is 0 Å². The predicted molar refractivity (Wildman–Crippen MR) is 84.8 cm³/mol. The molecule has 1 aliphatic rings. The standard InChI is InChI=1S/C16H23ClN2O2/c1-12-11-19(8-7-16(12)18-13(2)20)9-10-21-15-5-3-14(17)4-6-15/h3-6,12,16H,7-11H2,1-2H3,(H,18,20). The zero-order valence-corrected chi connectivity index (χ0v) is 13.4. The molecule has 2 atom stereocenters. The third-order valence-corrected chi connectivity index (χ3v) is 4.12. The fraction of sp³-hybridized carbons (Fsp3) is 0.562. The van der Waals surface area contributed by atoms with Crippen LogP contribution in [-0.4, -0.2) is 43.1 Å². The molecule has 4 nitrogen and oxygen atoms in total. The number of ether oxygens (including phenoxy) is 1. The van der Waals surface area contributed by atoms with Gasteiger partial charge in [-0.2, -0.15) is 0 Å². The molecule has 1 N–H and O–H groups in total. The van der Waals surface area contributed by atoms with Gasteiger partial charge >= 0.3 is 0 Å². The quantitative estimate of drug-likeness (QED) is 0.909. The maximum Gasteiger partial charge on any atom is 0.217 e. The van der Waals surface area contributed by atoms with Crippen molar-refractivity contribution in [3.8, 4) is 5.75 Å². The molecular formula is C16H23ClN2O2. The highest BCUT2D eigenvalue weighted by Crippen LogP contribution is 2.18. The number of nitrogens with zero attached hydrogens (tertiary/aromatic N) is 1. The van der Waals surface area contributed by atoms with Gasteiger partial charge < -0.3 is 10.1 Å². The number of likely N-dealkylation sites (tertiary alicyclic amines) is 1. The number of hydrogen-bond donors (Lipinski definition) is 1. The summed E-state index contributed by atoms with van der Waals surface area (Å²) in [7, 11) is 0. The maximum absolute atomic E-state index is 11.1. The number of piperidine rings is 1. The SMILES string of the molecule is CC(=O)NC1CCN(CCOc2ccc(Cl)cc2)CC1C. The molecule has 2 rings (SSSR count). The van der Waals surface area contributed by atoms with Gasteiger partial charge in [-0.05, 0) is 36.6 Å². The molecule has 116 valence electrons. The van der Waals surface area contributed by atoms with Crippen LogP contribution in [0.25, 0.3) is 0 Å². The first-order valence-electron chi connectivity index (χ1n) is 7.42. The van der Waals surface area contributed by atoms with Crippen molar-refractivity contribution in [3.05, 3.63) is 29.3 Å². The lowest BCUT2D eigenvalue weighted by molar-refractivity contribution is -0.120. The van der Waals surface area contributed by atoms with Crippen LogP contribution in [0.4, 0.5) is 0 Å². The summed E-state index contributed by atoms with van der Waals surface area (Å²) in [6.45, 7) is 7.33. The van der Waals surface area contributed by atoms with E-state index < -0.39 is 0 Å². The second kappa shape index (κ2) is 7.66. The second-order valence-electron chi connectivity index (χ2n) is 5.68. The molecule has 0 aliphatic carbocycles. The number of rotatable bonds is 5. The Morgan fingerprint density at radius 2 is 2.14 bits per heavy atom. The van der Waals surface area contributed by atoms with Crippen molar-refractivity contribution in [2.75, 3.05) is 26.2 Å². The zero-order chi connectivity index (χ0) is 15.2. The molecule has 0 spiro atoms. The van der Waals surface area contributed by atoms with Crippen LogP contribution in [0, 0.1) is 5.92 Å². The molecule has 1 saturated heterocycles. The summed E-state index contributed by atoms with van der Waals surface area (Å²) in [6.07, 6.45) is 1.00. The van der Waals surface area contributed by atoms with Crippen molar-refractivity contribution in [1.29, 1.82) is 0 Å². The number of amides is 1. The van der Waals surface area contributed by atoms with Crippen LogP contribution >= 0.6 is 11.6 Å².